The van der Waals surface area contributed by atoms with Crippen molar-refractivity contribution in [2.24, 2.45) is 5.73 Å². The third-order valence-electron chi connectivity index (χ3n) is 5.31. The van der Waals surface area contributed by atoms with Crippen molar-refractivity contribution in [2.75, 3.05) is 0 Å². The predicted octanol–water partition coefficient (Wildman–Crippen LogP) is 4.16. The second kappa shape index (κ2) is 7.04. The predicted molar refractivity (Wildman–Crippen MR) is 115 cm³/mol. The molecule has 2 aromatic carbocycles. The largest absolute Gasteiger partial charge is 0.439 e. The van der Waals surface area contributed by atoms with E-state index < -0.39 is 11.5 Å². The monoisotopic (exact) mass is 430 g/mol. The first-order valence-electron chi connectivity index (χ1n) is 9.45. The number of ether oxygens (including phenoxy) is 1. The first-order valence-corrected chi connectivity index (χ1v) is 9.82. The molecule has 1 aliphatic rings. The Hall–Kier alpha value is -4.02. The number of nitriles is 1. The Bertz CT molecular complexity index is 1480. The zero-order valence-electron chi connectivity index (χ0n) is 16.3. The first-order chi connectivity index (χ1) is 15.0. The molecular formula is C23H15ClN4O3. The average molecular weight is 431 g/mol. The van der Waals surface area contributed by atoms with Crippen molar-refractivity contribution in [3.8, 4) is 17.5 Å². The van der Waals surface area contributed by atoms with Crippen molar-refractivity contribution >= 4 is 22.6 Å². The van der Waals surface area contributed by atoms with Crippen molar-refractivity contribution in [3.63, 3.8) is 0 Å². The van der Waals surface area contributed by atoms with E-state index in [-0.39, 0.29) is 27.9 Å². The van der Waals surface area contributed by atoms with Gasteiger partial charge < -0.3 is 14.9 Å². The van der Waals surface area contributed by atoms with Crippen LogP contribution in [0, 0.1) is 18.3 Å². The molecule has 0 fully saturated rings. The van der Waals surface area contributed by atoms with Crippen molar-refractivity contribution in [3.05, 3.63) is 98.4 Å². The molecule has 0 saturated carbocycles. The van der Waals surface area contributed by atoms with E-state index in [1.807, 2.05) is 30.3 Å². The smallest absolute Gasteiger partial charge is 0.344 e. The number of hydrogen-bond acceptors (Lipinski definition) is 6. The number of para-hydroxylation sites is 2. The van der Waals surface area contributed by atoms with E-state index in [1.165, 1.54) is 0 Å². The minimum atomic E-state index is -0.875. The lowest BCUT2D eigenvalue weighted by Crippen LogP contribution is -2.26. The van der Waals surface area contributed by atoms with Crippen molar-refractivity contribution in [2.45, 2.75) is 12.8 Å². The quantitative estimate of drug-likeness (QED) is 0.478. The fraction of sp³-hybridized carbons (Fsp3) is 0.0870. The van der Waals surface area contributed by atoms with Crippen LogP contribution in [0.2, 0.25) is 5.15 Å². The number of allylic oxidation sites excluding steroid dienone is 1. The molecule has 0 saturated heterocycles. The SMILES string of the molecule is Cc1nn(-c2ccccc2)c(Cl)c1[C@@H]1C(C#N)=C(N)Oc2c1c(=O)oc1ccccc21. The van der Waals surface area contributed by atoms with Gasteiger partial charge in [-0.05, 0) is 31.2 Å². The number of aryl methyl sites for hydroxylation is 1. The fourth-order valence-electron chi connectivity index (χ4n) is 3.93. The number of rotatable bonds is 2. The molecule has 1 atom stereocenters. The Morgan fingerprint density at radius 1 is 1.13 bits per heavy atom. The number of nitrogens with two attached hydrogens (primary N) is 1. The van der Waals surface area contributed by atoms with Crippen LogP contribution in [0.15, 0.2) is 75.3 Å². The maximum Gasteiger partial charge on any atom is 0.344 e. The second-order valence-corrected chi connectivity index (χ2v) is 7.45. The van der Waals surface area contributed by atoms with Crippen LogP contribution in [-0.2, 0) is 0 Å². The van der Waals surface area contributed by atoms with Crippen LogP contribution >= 0.6 is 11.6 Å². The molecule has 0 bridgehead atoms. The Morgan fingerprint density at radius 2 is 1.84 bits per heavy atom. The summed E-state index contributed by atoms with van der Waals surface area (Å²) in [5.41, 5.74) is 7.91. The second-order valence-electron chi connectivity index (χ2n) is 7.09. The molecule has 31 heavy (non-hydrogen) atoms. The number of halogens is 1. The van der Waals surface area contributed by atoms with Crippen LogP contribution in [0.1, 0.15) is 22.7 Å². The summed E-state index contributed by atoms with van der Waals surface area (Å²) in [6.45, 7) is 1.77. The molecule has 0 unspecified atom stereocenters. The Labute approximate surface area is 181 Å². The molecule has 7 nitrogen and oxygen atoms in total. The summed E-state index contributed by atoms with van der Waals surface area (Å²) in [7, 11) is 0. The van der Waals surface area contributed by atoms with Gasteiger partial charge in [-0.1, -0.05) is 41.9 Å². The molecule has 4 aromatic rings. The highest BCUT2D eigenvalue weighted by Gasteiger charge is 2.39. The lowest BCUT2D eigenvalue weighted by molar-refractivity contribution is 0.388. The van der Waals surface area contributed by atoms with Crippen LogP contribution < -0.4 is 16.1 Å². The van der Waals surface area contributed by atoms with Gasteiger partial charge in [0.2, 0.25) is 5.88 Å². The van der Waals surface area contributed by atoms with Gasteiger partial charge in [-0.25, -0.2) is 9.48 Å². The number of fused-ring (bicyclic) bond motifs is 3. The van der Waals surface area contributed by atoms with Gasteiger partial charge >= 0.3 is 5.63 Å². The Kier molecular flexibility index (Phi) is 4.31. The summed E-state index contributed by atoms with van der Waals surface area (Å²) >= 11 is 6.76. The van der Waals surface area contributed by atoms with E-state index in [0.29, 0.717) is 22.2 Å². The number of aromatic nitrogens is 2. The van der Waals surface area contributed by atoms with Crippen LogP contribution in [-0.4, -0.2) is 9.78 Å². The lowest BCUT2D eigenvalue weighted by atomic mass is 9.84. The molecule has 8 heteroatoms. The normalized spacial score (nSPS) is 15.5. The number of nitrogens with zero attached hydrogens (tertiary/aromatic N) is 3. The fourth-order valence-corrected chi connectivity index (χ4v) is 4.32. The van der Waals surface area contributed by atoms with E-state index in [9.17, 15) is 10.1 Å². The van der Waals surface area contributed by atoms with Crippen LogP contribution in [0.25, 0.3) is 16.7 Å². The van der Waals surface area contributed by atoms with Gasteiger partial charge in [-0.15, -0.1) is 0 Å². The van der Waals surface area contributed by atoms with Gasteiger partial charge in [0.1, 0.15) is 22.4 Å². The van der Waals surface area contributed by atoms with E-state index in [4.69, 9.17) is 26.5 Å². The summed E-state index contributed by atoms with van der Waals surface area (Å²) < 4.78 is 12.9. The number of hydrogen-bond donors (Lipinski definition) is 1. The molecule has 0 amide bonds. The lowest BCUT2D eigenvalue weighted by Gasteiger charge is -2.25. The molecule has 0 spiro atoms. The van der Waals surface area contributed by atoms with Gasteiger partial charge in [0.15, 0.2) is 5.75 Å². The van der Waals surface area contributed by atoms with E-state index in [1.54, 1.807) is 35.9 Å². The summed E-state index contributed by atoms with van der Waals surface area (Å²) in [6.07, 6.45) is 0. The van der Waals surface area contributed by atoms with Crippen molar-refractivity contribution < 1.29 is 9.15 Å². The van der Waals surface area contributed by atoms with Crippen molar-refractivity contribution in [1.29, 1.82) is 5.26 Å². The van der Waals surface area contributed by atoms with Gasteiger partial charge in [-0.3, -0.25) is 0 Å². The molecule has 0 radical (unpaired) electrons. The highest BCUT2D eigenvalue weighted by molar-refractivity contribution is 6.30. The zero-order chi connectivity index (χ0) is 21.7. The molecule has 1 aliphatic heterocycles. The summed E-state index contributed by atoms with van der Waals surface area (Å²) in [5, 5.41) is 15.3. The molecule has 152 valence electrons. The standard InChI is InChI=1S/C23H15ClN4O3/c1-12-17(21(24)28(27-12)13-7-3-2-4-8-13)18-15(11-25)22(26)31-20-14-9-5-6-10-16(14)30-23(29)19(18)20/h2-10,18H,26H2,1H3/t18-/m0/s1. The maximum atomic E-state index is 13.0. The molecule has 3 heterocycles. The van der Waals surface area contributed by atoms with Crippen LogP contribution in [0.3, 0.4) is 0 Å². The summed E-state index contributed by atoms with van der Waals surface area (Å²) in [6, 6.07) is 18.4. The van der Waals surface area contributed by atoms with E-state index in [0.717, 1.165) is 5.69 Å². The molecule has 0 aliphatic carbocycles. The highest BCUT2D eigenvalue weighted by atomic mass is 35.5. The summed E-state index contributed by atoms with van der Waals surface area (Å²) in [4.78, 5) is 13.0. The molecular weight excluding hydrogens is 416 g/mol. The molecule has 5 rings (SSSR count). The first kappa shape index (κ1) is 19.0. The van der Waals surface area contributed by atoms with E-state index in [2.05, 4.69) is 11.2 Å². The van der Waals surface area contributed by atoms with Crippen LogP contribution in [0.5, 0.6) is 5.75 Å². The average Bonchev–Trinajstić information content (AvgIpc) is 3.07. The topological polar surface area (TPSA) is 107 Å². The van der Waals surface area contributed by atoms with Gasteiger partial charge in [0.25, 0.3) is 0 Å². The minimum Gasteiger partial charge on any atom is -0.439 e. The van der Waals surface area contributed by atoms with Crippen molar-refractivity contribution in [1.82, 2.24) is 9.78 Å². The summed E-state index contributed by atoms with van der Waals surface area (Å²) in [5.74, 6) is -0.700. The molecule has 2 N–H and O–H groups in total. The van der Waals surface area contributed by atoms with Gasteiger partial charge in [0, 0.05) is 5.56 Å². The van der Waals surface area contributed by atoms with Gasteiger partial charge in [-0.2, -0.15) is 10.4 Å². The minimum absolute atomic E-state index is 0.0766. The Balaban J connectivity index is 1.83. The van der Waals surface area contributed by atoms with Gasteiger partial charge in [0.05, 0.1) is 28.2 Å². The third-order valence-corrected chi connectivity index (χ3v) is 5.68. The molecule has 2 aromatic heterocycles. The third kappa shape index (κ3) is 2.80. The zero-order valence-corrected chi connectivity index (χ0v) is 17.1. The Morgan fingerprint density at radius 3 is 2.58 bits per heavy atom. The maximum absolute atomic E-state index is 13.0. The van der Waals surface area contributed by atoms with E-state index >= 15 is 0 Å². The van der Waals surface area contributed by atoms with Crippen LogP contribution in [0.4, 0.5) is 0 Å². The number of benzene rings is 2. The highest BCUT2D eigenvalue weighted by Crippen LogP contribution is 2.46.